The van der Waals surface area contributed by atoms with Crippen LogP contribution in [0.2, 0.25) is 0 Å². The monoisotopic (exact) mass is 335 g/mol. The Balaban J connectivity index is 1.40. The average Bonchev–Trinajstić information content (AvgIpc) is 2.95. The van der Waals surface area contributed by atoms with Gasteiger partial charge in [0, 0.05) is 42.8 Å². The molecule has 0 saturated carbocycles. The number of nitrogens with one attached hydrogen (secondary N) is 2. The third kappa shape index (κ3) is 4.61. The summed E-state index contributed by atoms with van der Waals surface area (Å²) >= 11 is 1.95. The van der Waals surface area contributed by atoms with Crippen LogP contribution >= 0.6 is 11.8 Å². The fourth-order valence-corrected chi connectivity index (χ4v) is 4.67. The second-order valence-electron chi connectivity index (χ2n) is 6.44. The molecule has 1 aromatic rings. The molecule has 0 aromatic carbocycles. The van der Waals surface area contributed by atoms with Crippen LogP contribution < -0.4 is 10.6 Å². The van der Waals surface area contributed by atoms with Crippen LogP contribution in [0.4, 0.5) is 4.79 Å². The number of aromatic nitrogens is 1. The molecule has 3 heterocycles. The molecule has 3 rings (SSSR count). The lowest BCUT2D eigenvalue weighted by Crippen LogP contribution is -2.51. The number of ether oxygens (including phenoxy) is 1. The summed E-state index contributed by atoms with van der Waals surface area (Å²) in [4.78, 5) is 16.5. The average molecular weight is 335 g/mol. The van der Waals surface area contributed by atoms with Crippen LogP contribution in [0.1, 0.15) is 30.7 Å². The number of urea groups is 1. The van der Waals surface area contributed by atoms with Gasteiger partial charge >= 0.3 is 6.03 Å². The van der Waals surface area contributed by atoms with Crippen LogP contribution in [-0.4, -0.2) is 47.3 Å². The number of carbonyl (C=O) groups excluding carboxylic acids is 1. The van der Waals surface area contributed by atoms with Crippen LogP contribution in [0.3, 0.4) is 0 Å². The first-order chi connectivity index (χ1) is 11.2. The van der Waals surface area contributed by atoms with Crippen molar-refractivity contribution in [3.63, 3.8) is 0 Å². The molecule has 1 spiro atoms. The third-order valence-electron chi connectivity index (χ3n) is 4.51. The number of aryl methyl sites for hydroxylation is 1. The van der Waals surface area contributed by atoms with Gasteiger partial charge in [0.05, 0.1) is 5.60 Å². The van der Waals surface area contributed by atoms with Crippen molar-refractivity contribution in [2.45, 2.75) is 44.2 Å². The Hall–Kier alpha value is -1.27. The summed E-state index contributed by atoms with van der Waals surface area (Å²) in [5.41, 5.74) is 2.03. The molecule has 0 aliphatic carbocycles. The van der Waals surface area contributed by atoms with Crippen LogP contribution in [-0.2, 0) is 11.2 Å². The highest BCUT2D eigenvalue weighted by molar-refractivity contribution is 7.99. The highest BCUT2D eigenvalue weighted by Gasteiger charge is 2.40. The maximum atomic E-state index is 12.1. The van der Waals surface area contributed by atoms with Gasteiger partial charge in [-0.2, -0.15) is 11.8 Å². The van der Waals surface area contributed by atoms with Gasteiger partial charge in [-0.25, -0.2) is 4.79 Å². The minimum absolute atomic E-state index is 0.00630. The summed E-state index contributed by atoms with van der Waals surface area (Å²) in [5, 5.41) is 6.05. The number of carbonyl (C=O) groups is 1. The maximum absolute atomic E-state index is 12.1. The maximum Gasteiger partial charge on any atom is 0.315 e. The van der Waals surface area contributed by atoms with Crippen molar-refractivity contribution in [1.82, 2.24) is 15.6 Å². The van der Waals surface area contributed by atoms with Crippen molar-refractivity contribution in [3.8, 4) is 0 Å². The highest BCUT2D eigenvalue weighted by atomic mass is 32.2. The molecule has 126 valence electrons. The second-order valence-corrected chi connectivity index (χ2v) is 7.55. The number of thioether (sulfide) groups is 1. The molecule has 5 nitrogen and oxygen atoms in total. The quantitative estimate of drug-likeness (QED) is 0.886. The lowest BCUT2D eigenvalue weighted by Gasteiger charge is -2.37. The van der Waals surface area contributed by atoms with Gasteiger partial charge < -0.3 is 15.4 Å². The van der Waals surface area contributed by atoms with Crippen LogP contribution in [0.15, 0.2) is 18.2 Å². The number of pyridine rings is 1. The summed E-state index contributed by atoms with van der Waals surface area (Å²) in [6.07, 6.45) is 3.70. The molecule has 2 saturated heterocycles. The van der Waals surface area contributed by atoms with Crippen molar-refractivity contribution in [2.75, 3.05) is 24.7 Å². The van der Waals surface area contributed by atoms with E-state index in [1.807, 2.05) is 36.9 Å². The Bertz CT molecular complexity index is 546. The molecular formula is C17H25N3O2S. The van der Waals surface area contributed by atoms with Gasteiger partial charge in [-0.3, -0.25) is 4.98 Å². The van der Waals surface area contributed by atoms with Crippen molar-refractivity contribution in [3.05, 3.63) is 29.6 Å². The van der Waals surface area contributed by atoms with Gasteiger partial charge in [-0.15, -0.1) is 0 Å². The zero-order valence-corrected chi connectivity index (χ0v) is 14.5. The summed E-state index contributed by atoms with van der Waals surface area (Å²) in [5.74, 6) is 2.23. The Morgan fingerprint density at radius 2 is 2.43 bits per heavy atom. The first kappa shape index (κ1) is 16.6. The molecule has 2 N–H and O–H groups in total. The number of rotatable bonds is 4. The van der Waals surface area contributed by atoms with E-state index in [1.54, 1.807) is 0 Å². The third-order valence-corrected chi connectivity index (χ3v) is 5.73. The summed E-state index contributed by atoms with van der Waals surface area (Å²) < 4.78 is 5.99. The molecular weight excluding hydrogens is 310 g/mol. The fourth-order valence-electron chi connectivity index (χ4n) is 3.29. The van der Waals surface area contributed by atoms with E-state index in [0.717, 1.165) is 49.4 Å². The summed E-state index contributed by atoms with van der Waals surface area (Å²) in [7, 11) is 0. The van der Waals surface area contributed by atoms with E-state index >= 15 is 0 Å². The predicted octanol–water partition coefficient (Wildman–Crippen LogP) is 2.29. The molecule has 2 amide bonds. The standard InChI is InChI=1S/C17H25N3O2S/c1-13-3-2-4-14(19-13)5-8-18-16(21)20-15-6-9-22-17(11-15)7-10-23-12-17/h2-4,15H,5-12H2,1H3,(H2,18,20,21)/t15-,17+/m1/s1. The van der Waals surface area contributed by atoms with E-state index in [9.17, 15) is 4.79 Å². The van der Waals surface area contributed by atoms with Crippen LogP contribution in [0.5, 0.6) is 0 Å². The largest absolute Gasteiger partial charge is 0.374 e. The zero-order valence-electron chi connectivity index (χ0n) is 13.6. The van der Waals surface area contributed by atoms with Crippen LogP contribution in [0.25, 0.3) is 0 Å². The Labute approximate surface area is 142 Å². The van der Waals surface area contributed by atoms with Crippen molar-refractivity contribution < 1.29 is 9.53 Å². The SMILES string of the molecule is Cc1cccc(CCNC(=O)N[C@@H]2CCO[C@@]3(CCSC3)C2)n1. The highest BCUT2D eigenvalue weighted by Crippen LogP contribution is 2.38. The van der Waals surface area contributed by atoms with Crippen molar-refractivity contribution in [2.24, 2.45) is 0 Å². The molecule has 0 bridgehead atoms. The molecule has 2 aliphatic heterocycles. The Kier molecular flexibility index (Phi) is 5.43. The lowest BCUT2D eigenvalue weighted by atomic mass is 9.90. The number of amides is 2. The molecule has 1 aromatic heterocycles. The number of hydrogen-bond acceptors (Lipinski definition) is 4. The van der Waals surface area contributed by atoms with E-state index in [-0.39, 0.29) is 17.7 Å². The minimum Gasteiger partial charge on any atom is -0.374 e. The van der Waals surface area contributed by atoms with Gasteiger partial charge in [0.1, 0.15) is 0 Å². The zero-order chi connectivity index (χ0) is 16.1. The van der Waals surface area contributed by atoms with Gasteiger partial charge in [0.2, 0.25) is 0 Å². The summed E-state index contributed by atoms with van der Waals surface area (Å²) in [6.45, 7) is 3.33. The fraction of sp³-hybridized carbons (Fsp3) is 0.647. The number of nitrogens with zero attached hydrogens (tertiary/aromatic N) is 1. The topological polar surface area (TPSA) is 63.2 Å². The van der Waals surface area contributed by atoms with Crippen LogP contribution in [0, 0.1) is 6.92 Å². The van der Waals surface area contributed by atoms with Gasteiger partial charge in [-0.05, 0) is 44.1 Å². The molecule has 2 fully saturated rings. The normalized spacial score (nSPS) is 27.1. The molecule has 2 aliphatic rings. The molecule has 0 unspecified atom stereocenters. The second kappa shape index (κ2) is 7.53. The van der Waals surface area contributed by atoms with E-state index in [4.69, 9.17) is 4.74 Å². The molecule has 23 heavy (non-hydrogen) atoms. The first-order valence-electron chi connectivity index (χ1n) is 8.34. The van der Waals surface area contributed by atoms with E-state index in [2.05, 4.69) is 15.6 Å². The molecule has 6 heteroatoms. The Morgan fingerprint density at radius 1 is 1.52 bits per heavy atom. The van der Waals surface area contributed by atoms with Crippen molar-refractivity contribution >= 4 is 17.8 Å². The van der Waals surface area contributed by atoms with Crippen molar-refractivity contribution in [1.29, 1.82) is 0 Å². The Morgan fingerprint density at radius 3 is 3.22 bits per heavy atom. The smallest absolute Gasteiger partial charge is 0.315 e. The lowest BCUT2D eigenvalue weighted by molar-refractivity contribution is -0.0684. The minimum atomic E-state index is -0.0784. The van der Waals surface area contributed by atoms with E-state index in [0.29, 0.717) is 6.54 Å². The molecule has 2 atom stereocenters. The predicted molar refractivity (Wildman–Crippen MR) is 92.9 cm³/mol. The molecule has 0 radical (unpaired) electrons. The van der Waals surface area contributed by atoms with Gasteiger partial charge in [0.15, 0.2) is 0 Å². The number of hydrogen-bond donors (Lipinski definition) is 2. The first-order valence-corrected chi connectivity index (χ1v) is 9.49. The van der Waals surface area contributed by atoms with Gasteiger partial charge in [0.25, 0.3) is 0 Å². The summed E-state index contributed by atoms with van der Waals surface area (Å²) in [6, 6.07) is 6.11. The van der Waals surface area contributed by atoms with Gasteiger partial charge in [-0.1, -0.05) is 6.07 Å². The van der Waals surface area contributed by atoms with E-state index in [1.165, 1.54) is 5.75 Å². The van der Waals surface area contributed by atoms with E-state index < -0.39 is 0 Å².